The number of para-hydroxylation sites is 1. The number of rotatable bonds is 5. The lowest BCUT2D eigenvalue weighted by molar-refractivity contribution is -0.114. The van der Waals surface area contributed by atoms with E-state index in [2.05, 4.69) is 26.1 Å². The van der Waals surface area contributed by atoms with Gasteiger partial charge in [-0.05, 0) is 23.8 Å². The zero-order valence-electron chi connectivity index (χ0n) is 15.4. The molecule has 10 heteroatoms. The minimum Gasteiger partial charge on any atom is -0.448 e. The summed E-state index contributed by atoms with van der Waals surface area (Å²) in [6, 6.07) is 15.2. The van der Waals surface area contributed by atoms with E-state index in [4.69, 9.17) is 4.42 Å². The van der Waals surface area contributed by atoms with E-state index in [1.165, 1.54) is 18.5 Å². The molecule has 9 nitrogen and oxygen atoms in total. The smallest absolute Gasteiger partial charge is 0.287 e. The second-order valence-corrected chi connectivity index (χ2v) is 7.94. The Kier molecular flexibility index (Phi) is 5.04. The molecule has 1 amide bonds. The fraction of sp³-hybridized carbons (Fsp3) is 0.100. The maximum Gasteiger partial charge on any atom is 0.287 e. The summed E-state index contributed by atoms with van der Waals surface area (Å²) in [5.74, 6) is -1.28. The van der Waals surface area contributed by atoms with Gasteiger partial charge in [0.1, 0.15) is 11.2 Å². The largest absolute Gasteiger partial charge is 0.448 e. The van der Waals surface area contributed by atoms with Crippen molar-refractivity contribution in [3.8, 4) is 6.07 Å². The first-order chi connectivity index (χ1) is 14.5. The summed E-state index contributed by atoms with van der Waals surface area (Å²) in [5.41, 5.74) is 1.32. The van der Waals surface area contributed by atoms with Gasteiger partial charge in [0.15, 0.2) is 0 Å². The molecule has 4 rings (SSSR count). The minimum absolute atomic E-state index is 0.00200. The predicted octanol–water partition coefficient (Wildman–Crippen LogP) is 2.01. The topological polar surface area (TPSA) is 137 Å². The number of amidine groups is 1. The monoisotopic (exact) mass is 421 g/mol. The van der Waals surface area contributed by atoms with E-state index in [0.29, 0.717) is 17.0 Å². The highest BCUT2D eigenvalue weighted by Gasteiger charge is 2.29. The Balaban J connectivity index is 1.59. The van der Waals surface area contributed by atoms with Crippen LogP contribution in [0.1, 0.15) is 22.9 Å². The van der Waals surface area contributed by atoms with Gasteiger partial charge >= 0.3 is 0 Å². The Morgan fingerprint density at radius 2 is 1.97 bits per heavy atom. The molecule has 1 atom stereocenters. The first kappa shape index (κ1) is 19.4. The van der Waals surface area contributed by atoms with Crippen molar-refractivity contribution in [2.45, 2.75) is 10.8 Å². The number of fused-ring (bicyclic) bond motifs is 1. The molecule has 150 valence electrons. The third kappa shape index (κ3) is 3.66. The molecule has 30 heavy (non-hydrogen) atoms. The van der Waals surface area contributed by atoms with Crippen LogP contribution < -0.4 is 10.6 Å². The second-order valence-electron chi connectivity index (χ2n) is 6.37. The molecule has 1 aromatic heterocycles. The predicted molar refractivity (Wildman–Crippen MR) is 107 cm³/mol. The van der Waals surface area contributed by atoms with E-state index in [0.717, 1.165) is 0 Å². The number of nitrogens with one attached hydrogen (secondary N) is 2. The van der Waals surface area contributed by atoms with Crippen molar-refractivity contribution in [1.82, 2.24) is 10.3 Å². The molecule has 0 fully saturated rings. The lowest BCUT2D eigenvalue weighted by atomic mass is 9.94. The number of amides is 1. The van der Waals surface area contributed by atoms with Gasteiger partial charge in [-0.3, -0.25) is 4.79 Å². The van der Waals surface area contributed by atoms with Crippen LogP contribution in [0, 0.1) is 11.3 Å². The van der Waals surface area contributed by atoms with Gasteiger partial charge in [0.25, 0.3) is 15.9 Å². The van der Waals surface area contributed by atoms with Gasteiger partial charge in [-0.15, -0.1) is 4.40 Å². The summed E-state index contributed by atoms with van der Waals surface area (Å²) in [7, 11) is -3.99. The number of hydrogen-bond donors (Lipinski definition) is 2. The summed E-state index contributed by atoms with van der Waals surface area (Å²) in [6.45, 7) is 0.0143. The van der Waals surface area contributed by atoms with Gasteiger partial charge in [0.05, 0.1) is 29.4 Å². The first-order valence-electron chi connectivity index (χ1n) is 8.87. The molecule has 0 bridgehead atoms. The Morgan fingerprint density at radius 3 is 2.73 bits per heavy atom. The highest BCUT2D eigenvalue weighted by Crippen LogP contribution is 2.27. The SMILES string of the molecule is N#Cc1ccccc1C(CNC(=O)C1=NS(=O)(=O)c2ccccc2N1)c1ncco1. The van der Waals surface area contributed by atoms with Crippen LogP contribution in [-0.2, 0) is 14.8 Å². The van der Waals surface area contributed by atoms with E-state index in [1.807, 2.05) is 0 Å². The fourth-order valence-electron chi connectivity index (χ4n) is 3.13. The van der Waals surface area contributed by atoms with Crippen molar-refractivity contribution < 1.29 is 17.6 Å². The highest BCUT2D eigenvalue weighted by molar-refractivity contribution is 7.90. The van der Waals surface area contributed by atoms with Crippen molar-refractivity contribution in [3.63, 3.8) is 0 Å². The molecule has 2 aromatic carbocycles. The van der Waals surface area contributed by atoms with Gasteiger partial charge < -0.3 is 15.1 Å². The van der Waals surface area contributed by atoms with E-state index in [-0.39, 0.29) is 23.0 Å². The summed E-state index contributed by atoms with van der Waals surface area (Å²) < 4.78 is 33.7. The Morgan fingerprint density at radius 1 is 1.20 bits per heavy atom. The average molecular weight is 421 g/mol. The molecule has 1 aliphatic rings. The summed E-state index contributed by atoms with van der Waals surface area (Å²) >= 11 is 0. The van der Waals surface area contributed by atoms with Gasteiger partial charge in [-0.1, -0.05) is 30.3 Å². The number of aromatic nitrogens is 1. The molecule has 0 radical (unpaired) electrons. The van der Waals surface area contributed by atoms with E-state index in [9.17, 15) is 18.5 Å². The zero-order chi connectivity index (χ0) is 21.1. The Hall–Kier alpha value is -3.97. The average Bonchev–Trinajstić information content (AvgIpc) is 3.28. The molecular weight excluding hydrogens is 406 g/mol. The maximum atomic E-state index is 12.7. The van der Waals surface area contributed by atoms with Crippen LogP contribution >= 0.6 is 0 Å². The quantitative estimate of drug-likeness (QED) is 0.643. The van der Waals surface area contributed by atoms with Crippen molar-refractivity contribution in [2.75, 3.05) is 11.9 Å². The summed E-state index contributed by atoms with van der Waals surface area (Å²) in [4.78, 5) is 16.8. The number of nitriles is 1. The van der Waals surface area contributed by atoms with Crippen molar-refractivity contribution in [1.29, 1.82) is 5.26 Å². The summed E-state index contributed by atoms with van der Waals surface area (Å²) in [6.07, 6.45) is 2.87. The van der Waals surface area contributed by atoms with Crippen LogP contribution in [0.5, 0.6) is 0 Å². The number of nitrogens with zero attached hydrogens (tertiary/aromatic N) is 3. The molecule has 3 aromatic rings. The van der Waals surface area contributed by atoms with E-state index >= 15 is 0 Å². The highest BCUT2D eigenvalue weighted by atomic mass is 32.2. The fourth-order valence-corrected chi connectivity index (χ4v) is 4.25. The molecule has 0 spiro atoms. The lowest BCUT2D eigenvalue weighted by Gasteiger charge is -2.19. The van der Waals surface area contributed by atoms with Crippen molar-refractivity contribution in [2.24, 2.45) is 4.40 Å². The number of carbonyl (C=O) groups is 1. The molecule has 0 saturated heterocycles. The third-order valence-electron chi connectivity index (χ3n) is 4.52. The van der Waals surface area contributed by atoms with Crippen LogP contribution in [0.2, 0.25) is 0 Å². The molecule has 1 unspecified atom stereocenters. The number of sulfonamides is 1. The van der Waals surface area contributed by atoms with Crippen LogP contribution in [0.25, 0.3) is 0 Å². The zero-order valence-corrected chi connectivity index (χ0v) is 16.3. The Labute approximate surface area is 172 Å². The van der Waals surface area contributed by atoms with Gasteiger partial charge in [0.2, 0.25) is 11.7 Å². The molecular formula is C20H15N5O4S. The van der Waals surface area contributed by atoms with E-state index in [1.54, 1.807) is 42.5 Å². The number of oxazole rings is 1. The van der Waals surface area contributed by atoms with Crippen LogP contribution in [-0.4, -0.2) is 31.7 Å². The number of carbonyl (C=O) groups excluding carboxylic acids is 1. The summed E-state index contributed by atoms with van der Waals surface area (Å²) in [5, 5.41) is 14.8. The second kappa shape index (κ2) is 7.81. The van der Waals surface area contributed by atoms with Crippen molar-refractivity contribution >= 4 is 27.5 Å². The third-order valence-corrected chi connectivity index (χ3v) is 5.85. The van der Waals surface area contributed by atoms with Crippen LogP contribution in [0.4, 0.5) is 5.69 Å². The molecule has 2 heterocycles. The maximum absolute atomic E-state index is 12.7. The van der Waals surface area contributed by atoms with E-state index < -0.39 is 21.8 Å². The Bertz CT molecular complexity index is 1280. The van der Waals surface area contributed by atoms with Crippen LogP contribution in [0.15, 0.2) is 74.7 Å². The van der Waals surface area contributed by atoms with Gasteiger partial charge in [0, 0.05) is 6.54 Å². The number of anilines is 1. The van der Waals surface area contributed by atoms with Crippen LogP contribution in [0.3, 0.4) is 0 Å². The molecule has 0 aliphatic carbocycles. The van der Waals surface area contributed by atoms with Gasteiger partial charge in [-0.25, -0.2) is 4.98 Å². The normalized spacial score (nSPS) is 15.1. The molecule has 1 aliphatic heterocycles. The standard InChI is InChI=1S/C20H15N5O4S/c21-11-13-5-1-2-6-14(13)15(20-22-9-10-29-20)12-23-19(26)18-24-16-7-3-4-8-17(16)30(27,28)25-18/h1-10,15H,12H2,(H,23,26)(H,24,25). The number of hydrogen-bond acceptors (Lipinski definition) is 7. The van der Waals surface area contributed by atoms with Crippen molar-refractivity contribution in [3.05, 3.63) is 78.0 Å². The molecule has 2 N–H and O–H groups in total. The minimum atomic E-state index is -3.99. The number of benzene rings is 2. The first-order valence-corrected chi connectivity index (χ1v) is 10.3. The van der Waals surface area contributed by atoms with Gasteiger partial charge in [-0.2, -0.15) is 13.7 Å². The molecule has 0 saturated carbocycles. The lowest BCUT2D eigenvalue weighted by Crippen LogP contribution is -2.40.